The average Bonchev–Trinajstić information content (AvgIpc) is 2.48. The maximum atomic E-state index is 12.0. The first-order valence-electron chi connectivity index (χ1n) is 6.44. The number of amides is 1. The van der Waals surface area contributed by atoms with E-state index >= 15 is 0 Å². The van der Waals surface area contributed by atoms with Crippen molar-refractivity contribution < 1.29 is 9.53 Å². The first-order chi connectivity index (χ1) is 9.61. The fourth-order valence-electron chi connectivity index (χ4n) is 2.03. The molecule has 1 amide bonds. The van der Waals surface area contributed by atoms with E-state index in [2.05, 4.69) is 10.3 Å². The van der Waals surface area contributed by atoms with Crippen molar-refractivity contribution in [2.45, 2.75) is 20.4 Å². The van der Waals surface area contributed by atoms with Crippen LogP contribution in [0.3, 0.4) is 0 Å². The standard InChI is InChI=1S/C16H18N2O2/c1-11-8-15(20-3)12(2)7-14(11)10-18-16(19)13-5-4-6-17-9-13/h4-9H,10H2,1-3H3,(H,18,19). The van der Waals surface area contributed by atoms with Crippen LogP contribution in [0.25, 0.3) is 0 Å². The molecule has 0 spiro atoms. The zero-order chi connectivity index (χ0) is 14.5. The Balaban J connectivity index is 2.08. The van der Waals surface area contributed by atoms with E-state index in [4.69, 9.17) is 4.74 Å². The van der Waals surface area contributed by atoms with Crippen LogP contribution in [0.1, 0.15) is 27.0 Å². The van der Waals surface area contributed by atoms with E-state index in [-0.39, 0.29) is 5.91 Å². The largest absolute Gasteiger partial charge is 0.496 e. The highest BCUT2D eigenvalue weighted by atomic mass is 16.5. The number of nitrogens with one attached hydrogen (secondary N) is 1. The number of rotatable bonds is 4. The summed E-state index contributed by atoms with van der Waals surface area (Å²) >= 11 is 0. The summed E-state index contributed by atoms with van der Waals surface area (Å²) in [6.07, 6.45) is 3.20. The number of ether oxygens (including phenoxy) is 1. The molecule has 4 heteroatoms. The Morgan fingerprint density at radius 3 is 2.75 bits per heavy atom. The Hall–Kier alpha value is -2.36. The van der Waals surface area contributed by atoms with Gasteiger partial charge in [-0.3, -0.25) is 9.78 Å². The van der Waals surface area contributed by atoms with Crippen molar-refractivity contribution in [3.05, 3.63) is 58.9 Å². The van der Waals surface area contributed by atoms with E-state index in [1.54, 1.807) is 31.6 Å². The first kappa shape index (κ1) is 14.1. The molecule has 1 aromatic heterocycles. The van der Waals surface area contributed by atoms with Crippen molar-refractivity contribution in [1.29, 1.82) is 0 Å². The average molecular weight is 270 g/mol. The molecule has 0 aliphatic carbocycles. The maximum Gasteiger partial charge on any atom is 0.253 e. The Morgan fingerprint density at radius 1 is 1.30 bits per heavy atom. The van der Waals surface area contributed by atoms with Gasteiger partial charge in [0.1, 0.15) is 5.75 Å². The number of hydrogen-bond acceptors (Lipinski definition) is 3. The zero-order valence-electron chi connectivity index (χ0n) is 11.9. The minimum absolute atomic E-state index is 0.119. The van der Waals surface area contributed by atoms with E-state index in [1.165, 1.54) is 0 Å². The third-order valence-electron chi connectivity index (χ3n) is 3.22. The van der Waals surface area contributed by atoms with E-state index < -0.39 is 0 Å². The molecule has 2 rings (SSSR count). The molecule has 0 aliphatic rings. The van der Waals surface area contributed by atoms with Gasteiger partial charge in [-0.25, -0.2) is 0 Å². The van der Waals surface area contributed by atoms with Crippen LogP contribution in [-0.4, -0.2) is 18.0 Å². The van der Waals surface area contributed by atoms with Crippen molar-refractivity contribution in [2.75, 3.05) is 7.11 Å². The topological polar surface area (TPSA) is 51.2 Å². The monoisotopic (exact) mass is 270 g/mol. The number of carbonyl (C=O) groups excluding carboxylic acids is 1. The summed E-state index contributed by atoms with van der Waals surface area (Å²) in [6, 6.07) is 7.52. The van der Waals surface area contributed by atoms with Gasteiger partial charge in [0.25, 0.3) is 5.91 Å². The van der Waals surface area contributed by atoms with Crippen LogP contribution in [0.2, 0.25) is 0 Å². The van der Waals surface area contributed by atoms with Gasteiger partial charge < -0.3 is 10.1 Å². The second-order valence-corrected chi connectivity index (χ2v) is 4.67. The van der Waals surface area contributed by atoms with Crippen LogP contribution in [0, 0.1) is 13.8 Å². The van der Waals surface area contributed by atoms with E-state index in [1.807, 2.05) is 26.0 Å². The van der Waals surface area contributed by atoms with Crippen LogP contribution in [0.5, 0.6) is 5.75 Å². The Labute approximate surface area is 118 Å². The van der Waals surface area contributed by atoms with Crippen molar-refractivity contribution in [3.8, 4) is 5.75 Å². The van der Waals surface area contributed by atoms with Gasteiger partial charge in [0.05, 0.1) is 12.7 Å². The summed E-state index contributed by atoms with van der Waals surface area (Å²) < 4.78 is 5.28. The summed E-state index contributed by atoms with van der Waals surface area (Å²) in [5.74, 6) is 0.746. The molecule has 0 atom stereocenters. The third kappa shape index (κ3) is 3.15. The normalized spacial score (nSPS) is 10.2. The van der Waals surface area contributed by atoms with Gasteiger partial charge in [-0.05, 0) is 48.7 Å². The van der Waals surface area contributed by atoms with Gasteiger partial charge in [0.15, 0.2) is 0 Å². The number of hydrogen-bond donors (Lipinski definition) is 1. The molecule has 1 N–H and O–H groups in total. The molecule has 0 fully saturated rings. The van der Waals surface area contributed by atoms with E-state index in [0.717, 1.165) is 22.4 Å². The molecule has 0 bridgehead atoms. The Morgan fingerprint density at radius 2 is 2.10 bits per heavy atom. The van der Waals surface area contributed by atoms with Crippen molar-refractivity contribution in [2.24, 2.45) is 0 Å². The van der Waals surface area contributed by atoms with Crippen molar-refractivity contribution in [1.82, 2.24) is 10.3 Å². The second-order valence-electron chi connectivity index (χ2n) is 4.67. The lowest BCUT2D eigenvalue weighted by Gasteiger charge is -2.12. The lowest BCUT2D eigenvalue weighted by atomic mass is 10.0. The highest BCUT2D eigenvalue weighted by Gasteiger charge is 2.08. The van der Waals surface area contributed by atoms with Gasteiger partial charge in [-0.15, -0.1) is 0 Å². The number of pyridine rings is 1. The molecular weight excluding hydrogens is 252 g/mol. The maximum absolute atomic E-state index is 12.0. The SMILES string of the molecule is COc1cc(C)c(CNC(=O)c2cccnc2)cc1C. The lowest BCUT2D eigenvalue weighted by Crippen LogP contribution is -2.23. The van der Waals surface area contributed by atoms with Gasteiger partial charge in [0, 0.05) is 18.9 Å². The second kappa shape index (κ2) is 6.19. The van der Waals surface area contributed by atoms with Crippen molar-refractivity contribution >= 4 is 5.91 Å². The number of methoxy groups -OCH3 is 1. The molecule has 104 valence electrons. The molecule has 0 aliphatic heterocycles. The highest BCUT2D eigenvalue weighted by molar-refractivity contribution is 5.93. The first-order valence-corrected chi connectivity index (χ1v) is 6.44. The number of benzene rings is 1. The third-order valence-corrected chi connectivity index (χ3v) is 3.22. The lowest BCUT2D eigenvalue weighted by molar-refractivity contribution is 0.0950. The van der Waals surface area contributed by atoms with Crippen LogP contribution in [0.4, 0.5) is 0 Å². The summed E-state index contributed by atoms with van der Waals surface area (Å²) in [6.45, 7) is 4.49. The molecule has 2 aromatic rings. The summed E-state index contributed by atoms with van der Waals surface area (Å²) in [4.78, 5) is 15.9. The van der Waals surface area contributed by atoms with Crippen LogP contribution in [0.15, 0.2) is 36.7 Å². The molecule has 1 heterocycles. The summed E-state index contributed by atoms with van der Waals surface area (Å²) in [7, 11) is 1.66. The van der Waals surface area contributed by atoms with Crippen LogP contribution in [-0.2, 0) is 6.54 Å². The predicted octanol–water partition coefficient (Wildman–Crippen LogP) is 2.64. The minimum atomic E-state index is -0.119. The van der Waals surface area contributed by atoms with Gasteiger partial charge in [-0.1, -0.05) is 6.07 Å². The van der Waals surface area contributed by atoms with Crippen molar-refractivity contribution in [3.63, 3.8) is 0 Å². The fraction of sp³-hybridized carbons (Fsp3) is 0.250. The Kier molecular flexibility index (Phi) is 4.35. The number of nitrogens with zero attached hydrogens (tertiary/aromatic N) is 1. The van der Waals surface area contributed by atoms with Gasteiger partial charge in [0.2, 0.25) is 0 Å². The van der Waals surface area contributed by atoms with E-state index in [9.17, 15) is 4.79 Å². The smallest absolute Gasteiger partial charge is 0.253 e. The van der Waals surface area contributed by atoms with E-state index in [0.29, 0.717) is 12.1 Å². The number of carbonyl (C=O) groups is 1. The van der Waals surface area contributed by atoms with Gasteiger partial charge >= 0.3 is 0 Å². The molecule has 0 saturated carbocycles. The summed E-state index contributed by atoms with van der Waals surface area (Å²) in [5, 5.41) is 2.90. The highest BCUT2D eigenvalue weighted by Crippen LogP contribution is 2.22. The Bertz CT molecular complexity index is 609. The zero-order valence-corrected chi connectivity index (χ0v) is 11.9. The molecular formula is C16H18N2O2. The molecule has 20 heavy (non-hydrogen) atoms. The molecule has 4 nitrogen and oxygen atoms in total. The van der Waals surface area contributed by atoms with Crippen LogP contribution >= 0.6 is 0 Å². The number of aryl methyl sites for hydroxylation is 2. The van der Waals surface area contributed by atoms with Crippen LogP contribution < -0.4 is 10.1 Å². The number of aromatic nitrogens is 1. The molecule has 0 unspecified atom stereocenters. The quantitative estimate of drug-likeness (QED) is 0.929. The molecule has 0 radical (unpaired) electrons. The van der Waals surface area contributed by atoms with Gasteiger partial charge in [-0.2, -0.15) is 0 Å². The summed E-state index contributed by atoms with van der Waals surface area (Å²) in [5.41, 5.74) is 3.80. The minimum Gasteiger partial charge on any atom is -0.496 e. The molecule has 0 saturated heterocycles. The predicted molar refractivity (Wildman–Crippen MR) is 77.9 cm³/mol. The molecule has 1 aromatic carbocycles. The fourth-order valence-corrected chi connectivity index (χ4v) is 2.03.